The average Bonchev–Trinajstić information content (AvgIpc) is 3.16. The summed E-state index contributed by atoms with van der Waals surface area (Å²) in [4.78, 5) is 23.7. The van der Waals surface area contributed by atoms with Crippen LogP contribution in [0.1, 0.15) is 44.2 Å². The van der Waals surface area contributed by atoms with Gasteiger partial charge in [0.05, 0.1) is 17.0 Å². The number of rotatable bonds is 4. The summed E-state index contributed by atoms with van der Waals surface area (Å²) in [6.07, 6.45) is 6.48. The van der Waals surface area contributed by atoms with Crippen LogP contribution in [0.25, 0.3) is 0 Å². The Morgan fingerprint density at radius 2 is 2.19 bits per heavy atom. The lowest BCUT2D eigenvalue weighted by Gasteiger charge is -2.28. The number of carbonyl (C=O) groups is 2. The minimum Gasteiger partial charge on any atom is -0.481 e. The number of carbonyl (C=O) groups excluding carboxylic acids is 1. The van der Waals surface area contributed by atoms with Gasteiger partial charge in [0, 0.05) is 19.3 Å². The second-order valence-electron chi connectivity index (χ2n) is 6.33. The molecular weight excluding hydrogens is 270 g/mol. The van der Waals surface area contributed by atoms with E-state index in [0.717, 1.165) is 31.4 Å². The number of carboxylic acids is 1. The molecule has 0 aromatic carbocycles. The quantitative estimate of drug-likeness (QED) is 0.873. The second kappa shape index (κ2) is 5.16. The lowest BCUT2D eigenvalue weighted by molar-refractivity contribution is -0.143. The molecule has 2 atom stereocenters. The monoisotopic (exact) mass is 291 g/mol. The number of aryl methyl sites for hydroxylation is 1. The van der Waals surface area contributed by atoms with E-state index >= 15 is 0 Å². The Bertz CT molecular complexity index is 562. The fraction of sp³-hybridized carbons (Fsp3) is 0.667. The molecule has 1 heterocycles. The molecule has 1 aromatic heterocycles. The van der Waals surface area contributed by atoms with Gasteiger partial charge in [0.2, 0.25) is 5.91 Å². The number of carboxylic acid groups (broad SMARTS) is 1. The van der Waals surface area contributed by atoms with Crippen molar-refractivity contribution in [1.82, 2.24) is 15.1 Å². The summed E-state index contributed by atoms with van der Waals surface area (Å²) in [7, 11) is 1.84. The summed E-state index contributed by atoms with van der Waals surface area (Å²) in [6.45, 7) is 0. The molecule has 2 aliphatic rings. The first-order valence-corrected chi connectivity index (χ1v) is 7.55. The van der Waals surface area contributed by atoms with E-state index in [0.29, 0.717) is 12.8 Å². The molecule has 0 saturated heterocycles. The van der Waals surface area contributed by atoms with Gasteiger partial charge in [-0.15, -0.1) is 0 Å². The zero-order valence-corrected chi connectivity index (χ0v) is 12.2. The Morgan fingerprint density at radius 1 is 1.43 bits per heavy atom. The molecule has 6 heteroatoms. The van der Waals surface area contributed by atoms with Crippen LogP contribution in [0.5, 0.6) is 0 Å². The van der Waals surface area contributed by atoms with Gasteiger partial charge in [0.25, 0.3) is 0 Å². The molecule has 1 aromatic rings. The van der Waals surface area contributed by atoms with E-state index in [9.17, 15) is 9.59 Å². The molecule has 21 heavy (non-hydrogen) atoms. The molecule has 2 N–H and O–H groups in total. The molecule has 2 saturated carbocycles. The van der Waals surface area contributed by atoms with Crippen LogP contribution < -0.4 is 5.32 Å². The van der Waals surface area contributed by atoms with Crippen molar-refractivity contribution in [1.29, 1.82) is 0 Å². The smallest absolute Gasteiger partial charge is 0.306 e. The molecule has 2 fully saturated rings. The predicted molar refractivity (Wildman–Crippen MR) is 75.6 cm³/mol. The minimum absolute atomic E-state index is 0.0113. The van der Waals surface area contributed by atoms with E-state index in [1.165, 1.54) is 0 Å². The van der Waals surface area contributed by atoms with Crippen LogP contribution in [0.4, 0.5) is 0 Å². The highest BCUT2D eigenvalue weighted by Gasteiger charge is 2.53. The van der Waals surface area contributed by atoms with E-state index < -0.39 is 11.4 Å². The first-order valence-electron chi connectivity index (χ1n) is 7.55. The third-order valence-corrected chi connectivity index (χ3v) is 4.75. The first-order chi connectivity index (χ1) is 10.0. The Morgan fingerprint density at radius 3 is 2.76 bits per heavy atom. The van der Waals surface area contributed by atoms with Crippen LogP contribution in [0.3, 0.4) is 0 Å². The van der Waals surface area contributed by atoms with E-state index in [1.807, 2.05) is 19.3 Å². The molecule has 0 bridgehead atoms. The van der Waals surface area contributed by atoms with Crippen LogP contribution in [0.2, 0.25) is 0 Å². The molecule has 2 unspecified atom stereocenters. The van der Waals surface area contributed by atoms with Crippen molar-refractivity contribution >= 4 is 11.9 Å². The van der Waals surface area contributed by atoms with Gasteiger partial charge in [-0.05, 0) is 38.2 Å². The fourth-order valence-corrected chi connectivity index (χ4v) is 3.26. The first kappa shape index (κ1) is 14.1. The predicted octanol–water partition coefficient (Wildman–Crippen LogP) is 1.21. The number of aromatic nitrogens is 2. The number of aliphatic carboxylic acids is 1. The fourth-order valence-electron chi connectivity index (χ4n) is 3.26. The maximum absolute atomic E-state index is 12.6. The van der Waals surface area contributed by atoms with Crippen LogP contribution in [-0.4, -0.2) is 32.8 Å². The largest absolute Gasteiger partial charge is 0.481 e. The van der Waals surface area contributed by atoms with E-state index in [2.05, 4.69) is 10.4 Å². The second-order valence-corrected chi connectivity index (χ2v) is 6.33. The third-order valence-electron chi connectivity index (χ3n) is 4.75. The molecule has 0 spiro atoms. The van der Waals surface area contributed by atoms with Crippen molar-refractivity contribution in [2.45, 2.75) is 50.0 Å². The lowest BCUT2D eigenvalue weighted by Crippen LogP contribution is -2.44. The number of hydrogen-bond donors (Lipinski definition) is 2. The molecule has 3 rings (SSSR count). The molecule has 1 amide bonds. The van der Waals surface area contributed by atoms with Crippen molar-refractivity contribution in [3.05, 3.63) is 18.0 Å². The highest BCUT2D eigenvalue weighted by Crippen LogP contribution is 2.47. The zero-order chi connectivity index (χ0) is 15.0. The molecular formula is C15H21N3O3. The molecule has 114 valence electrons. The van der Waals surface area contributed by atoms with Crippen LogP contribution in [0.15, 0.2) is 12.3 Å². The summed E-state index contributed by atoms with van der Waals surface area (Å²) < 4.78 is 1.71. The lowest BCUT2D eigenvalue weighted by atomic mass is 9.85. The standard InChI is InChI=1S/C15H21N3O3/c1-18-8-5-12(17-18)15(6-7-15)14(21)16-11-4-2-3-10(9-11)13(19)20/h5,8,10-11H,2-4,6-7,9H2,1H3,(H,16,21)(H,19,20). The topological polar surface area (TPSA) is 84.2 Å². The Hall–Kier alpha value is -1.85. The van der Waals surface area contributed by atoms with Crippen LogP contribution in [-0.2, 0) is 22.1 Å². The van der Waals surface area contributed by atoms with Gasteiger partial charge in [0.15, 0.2) is 0 Å². The van der Waals surface area contributed by atoms with Gasteiger partial charge in [-0.1, -0.05) is 6.42 Å². The van der Waals surface area contributed by atoms with Crippen LogP contribution >= 0.6 is 0 Å². The zero-order valence-electron chi connectivity index (χ0n) is 12.2. The molecule has 0 radical (unpaired) electrons. The van der Waals surface area contributed by atoms with Crippen molar-refractivity contribution in [2.75, 3.05) is 0 Å². The van der Waals surface area contributed by atoms with E-state index in [4.69, 9.17) is 5.11 Å². The number of amides is 1. The molecule has 2 aliphatic carbocycles. The number of nitrogens with one attached hydrogen (secondary N) is 1. The van der Waals surface area contributed by atoms with Crippen molar-refractivity contribution < 1.29 is 14.7 Å². The number of nitrogens with zero attached hydrogens (tertiary/aromatic N) is 2. The minimum atomic E-state index is -0.750. The summed E-state index contributed by atoms with van der Waals surface area (Å²) in [5.41, 5.74) is 0.352. The van der Waals surface area contributed by atoms with Gasteiger partial charge in [-0.2, -0.15) is 5.10 Å². The van der Waals surface area contributed by atoms with Gasteiger partial charge in [-0.25, -0.2) is 0 Å². The van der Waals surface area contributed by atoms with E-state index in [-0.39, 0.29) is 17.9 Å². The maximum atomic E-state index is 12.6. The summed E-state index contributed by atoms with van der Waals surface area (Å²) in [5.74, 6) is -1.06. The third kappa shape index (κ3) is 2.66. The SMILES string of the molecule is Cn1ccc(C2(C(=O)NC3CCCC(C(=O)O)C3)CC2)n1. The molecule has 0 aliphatic heterocycles. The Kier molecular flexibility index (Phi) is 3.47. The van der Waals surface area contributed by atoms with Gasteiger partial charge in [-0.3, -0.25) is 14.3 Å². The maximum Gasteiger partial charge on any atom is 0.306 e. The number of hydrogen-bond acceptors (Lipinski definition) is 3. The molecule has 6 nitrogen and oxygen atoms in total. The Balaban J connectivity index is 1.65. The highest BCUT2D eigenvalue weighted by molar-refractivity contribution is 5.91. The summed E-state index contributed by atoms with van der Waals surface area (Å²) in [5, 5.41) is 16.5. The average molecular weight is 291 g/mol. The summed E-state index contributed by atoms with van der Waals surface area (Å²) >= 11 is 0. The van der Waals surface area contributed by atoms with Crippen molar-refractivity contribution in [2.24, 2.45) is 13.0 Å². The van der Waals surface area contributed by atoms with Crippen molar-refractivity contribution in [3.8, 4) is 0 Å². The van der Waals surface area contributed by atoms with Crippen LogP contribution in [0, 0.1) is 5.92 Å². The van der Waals surface area contributed by atoms with Gasteiger partial charge < -0.3 is 10.4 Å². The van der Waals surface area contributed by atoms with Gasteiger partial charge in [0.1, 0.15) is 0 Å². The normalized spacial score (nSPS) is 27.1. The van der Waals surface area contributed by atoms with E-state index in [1.54, 1.807) is 4.68 Å². The van der Waals surface area contributed by atoms with Gasteiger partial charge >= 0.3 is 5.97 Å². The highest BCUT2D eigenvalue weighted by atomic mass is 16.4. The Labute approximate surface area is 123 Å². The summed E-state index contributed by atoms with van der Waals surface area (Å²) in [6, 6.07) is 1.88. The van der Waals surface area contributed by atoms with Crippen molar-refractivity contribution in [3.63, 3.8) is 0 Å².